The van der Waals surface area contributed by atoms with Crippen LogP contribution >= 0.6 is 0 Å². The van der Waals surface area contributed by atoms with Crippen LogP contribution in [0, 0.1) is 0 Å². The molecule has 0 N–H and O–H groups in total. The second-order valence-corrected chi connectivity index (χ2v) is 4.53. The van der Waals surface area contributed by atoms with Crippen molar-refractivity contribution >= 4 is 11.8 Å². The molecule has 0 saturated heterocycles. The Morgan fingerprint density at radius 2 is 1.60 bits per heavy atom. The molecule has 5 heteroatoms. The largest absolute Gasteiger partial charge is 1.00 e. The molecular weight excluding hydrogens is 216 g/mol. The molecule has 0 saturated carbocycles. The molecule has 86 valence electrons. The highest BCUT2D eigenvalue weighted by molar-refractivity contribution is 6.12. The number of carbonyl (C=O) groups is 2. The van der Waals surface area contributed by atoms with E-state index in [0.29, 0.717) is 6.54 Å². The quantitative estimate of drug-likeness (QED) is 0.383. The molecule has 0 spiro atoms. The average molecular weight is 233 g/mol. The summed E-state index contributed by atoms with van der Waals surface area (Å²) in [5, 5.41) is 0. The summed E-state index contributed by atoms with van der Waals surface area (Å²) in [6.45, 7) is 1.48. The van der Waals surface area contributed by atoms with Crippen LogP contribution in [0.3, 0.4) is 0 Å². The van der Waals surface area contributed by atoms with E-state index in [4.69, 9.17) is 0 Å². The van der Waals surface area contributed by atoms with Crippen molar-refractivity contribution in [3.63, 3.8) is 0 Å². The number of halogens is 1. The summed E-state index contributed by atoms with van der Waals surface area (Å²) in [6.07, 6.45) is 3.51. The number of quaternary nitrogens is 1. The standard InChI is InChI=1S/C10H17N2O2.ClH/c1-12(2,3)8-4-7-11-9(13)5-6-10(11)14;/h5-6H,4,7-8H2,1-3H3;1H/q+1;/p-1. The zero-order valence-electron chi connectivity index (χ0n) is 9.36. The fourth-order valence-corrected chi connectivity index (χ4v) is 1.35. The highest BCUT2D eigenvalue weighted by Gasteiger charge is 2.23. The van der Waals surface area contributed by atoms with Gasteiger partial charge in [0.15, 0.2) is 0 Å². The lowest BCUT2D eigenvalue weighted by Crippen LogP contribution is -3.00. The van der Waals surface area contributed by atoms with Gasteiger partial charge in [-0.15, -0.1) is 0 Å². The number of carbonyl (C=O) groups excluding carboxylic acids is 2. The number of hydrogen-bond donors (Lipinski definition) is 0. The minimum absolute atomic E-state index is 0. The molecule has 1 heterocycles. The third kappa shape index (κ3) is 4.44. The van der Waals surface area contributed by atoms with Gasteiger partial charge in [-0.2, -0.15) is 0 Å². The SMILES string of the molecule is C[N+](C)(C)CCCN1C(=O)C=CC1=O.[Cl-]. The first-order valence-electron chi connectivity index (χ1n) is 4.74. The van der Waals surface area contributed by atoms with Crippen molar-refractivity contribution in [3.8, 4) is 0 Å². The van der Waals surface area contributed by atoms with Crippen molar-refractivity contribution < 1.29 is 26.5 Å². The van der Waals surface area contributed by atoms with E-state index in [1.54, 1.807) is 0 Å². The molecular formula is C10H17ClN2O2. The van der Waals surface area contributed by atoms with Gasteiger partial charge in [-0.1, -0.05) is 0 Å². The first kappa shape index (κ1) is 14.1. The van der Waals surface area contributed by atoms with Crippen LogP contribution in [0.25, 0.3) is 0 Å². The van der Waals surface area contributed by atoms with Gasteiger partial charge in [-0.25, -0.2) is 0 Å². The van der Waals surface area contributed by atoms with Gasteiger partial charge in [-0.3, -0.25) is 14.5 Å². The molecule has 0 aromatic heterocycles. The maximum absolute atomic E-state index is 11.2. The Bertz CT molecular complexity index is 264. The smallest absolute Gasteiger partial charge is 0.253 e. The summed E-state index contributed by atoms with van der Waals surface area (Å²) in [6, 6.07) is 0. The van der Waals surface area contributed by atoms with Gasteiger partial charge < -0.3 is 16.9 Å². The molecule has 0 atom stereocenters. The van der Waals surface area contributed by atoms with Gasteiger partial charge in [-0.05, 0) is 0 Å². The molecule has 0 aliphatic carbocycles. The molecule has 1 aliphatic heterocycles. The van der Waals surface area contributed by atoms with E-state index in [1.165, 1.54) is 17.1 Å². The fraction of sp³-hybridized carbons (Fsp3) is 0.600. The second-order valence-electron chi connectivity index (χ2n) is 4.53. The van der Waals surface area contributed by atoms with E-state index >= 15 is 0 Å². The summed E-state index contributed by atoms with van der Waals surface area (Å²) in [7, 11) is 6.27. The Morgan fingerprint density at radius 1 is 1.13 bits per heavy atom. The molecule has 2 amide bonds. The van der Waals surface area contributed by atoms with Crippen LogP contribution < -0.4 is 12.4 Å². The van der Waals surface area contributed by atoms with Crippen LogP contribution in [0.15, 0.2) is 12.2 Å². The molecule has 0 radical (unpaired) electrons. The van der Waals surface area contributed by atoms with Crippen LogP contribution in [0.5, 0.6) is 0 Å². The summed E-state index contributed by atoms with van der Waals surface area (Å²) in [4.78, 5) is 23.6. The highest BCUT2D eigenvalue weighted by atomic mass is 35.5. The van der Waals surface area contributed by atoms with Gasteiger partial charge in [0.1, 0.15) is 0 Å². The van der Waals surface area contributed by atoms with Crippen molar-refractivity contribution in [2.45, 2.75) is 6.42 Å². The monoisotopic (exact) mass is 232 g/mol. The second kappa shape index (κ2) is 5.28. The lowest BCUT2D eigenvalue weighted by atomic mass is 10.3. The zero-order chi connectivity index (χ0) is 10.8. The Balaban J connectivity index is 0.00000196. The van der Waals surface area contributed by atoms with Crippen LogP contribution in [0.2, 0.25) is 0 Å². The summed E-state index contributed by atoms with van der Waals surface area (Å²) in [5.41, 5.74) is 0. The van der Waals surface area contributed by atoms with Gasteiger partial charge in [0.05, 0.1) is 27.7 Å². The summed E-state index contributed by atoms with van der Waals surface area (Å²) < 4.78 is 0.851. The molecule has 15 heavy (non-hydrogen) atoms. The van der Waals surface area contributed by atoms with E-state index in [0.717, 1.165) is 17.4 Å². The normalized spacial score (nSPS) is 15.8. The third-order valence-corrected chi connectivity index (χ3v) is 2.11. The van der Waals surface area contributed by atoms with Crippen molar-refractivity contribution in [1.29, 1.82) is 0 Å². The maximum Gasteiger partial charge on any atom is 0.253 e. The van der Waals surface area contributed by atoms with Crippen LogP contribution in [0.1, 0.15) is 6.42 Å². The Morgan fingerprint density at radius 3 is 2.00 bits per heavy atom. The van der Waals surface area contributed by atoms with Crippen molar-refractivity contribution in [3.05, 3.63) is 12.2 Å². The molecule has 0 aromatic carbocycles. The van der Waals surface area contributed by atoms with E-state index in [1.807, 2.05) is 0 Å². The molecule has 4 nitrogen and oxygen atoms in total. The minimum atomic E-state index is -0.184. The lowest BCUT2D eigenvalue weighted by molar-refractivity contribution is -0.870. The predicted molar refractivity (Wildman–Crippen MR) is 53.4 cm³/mol. The fourth-order valence-electron chi connectivity index (χ4n) is 1.35. The molecule has 0 bridgehead atoms. The number of imide groups is 1. The first-order chi connectivity index (χ1) is 6.40. The Labute approximate surface area is 96.5 Å². The zero-order valence-corrected chi connectivity index (χ0v) is 10.1. The molecule has 0 unspecified atom stereocenters. The highest BCUT2D eigenvalue weighted by Crippen LogP contribution is 2.05. The van der Waals surface area contributed by atoms with Crippen molar-refractivity contribution in [2.24, 2.45) is 0 Å². The topological polar surface area (TPSA) is 37.4 Å². The average Bonchev–Trinajstić information content (AvgIpc) is 2.33. The molecule has 0 aromatic rings. The molecule has 0 fully saturated rings. The van der Waals surface area contributed by atoms with E-state index in [-0.39, 0.29) is 24.2 Å². The van der Waals surface area contributed by atoms with Gasteiger partial charge in [0, 0.05) is 25.1 Å². The Hall–Kier alpha value is -0.870. The Kier molecular flexibility index (Phi) is 4.97. The van der Waals surface area contributed by atoms with Gasteiger partial charge in [0.25, 0.3) is 11.8 Å². The minimum Gasteiger partial charge on any atom is -1.00 e. The predicted octanol–water partition coefficient (Wildman–Crippen LogP) is -2.99. The number of hydrogen-bond acceptors (Lipinski definition) is 2. The van der Waals surface area contributed by atoms with E-state index < -0.39 is 0 Å². The summed E-state index contributed by atoms with van der Waals surface area (Å²) >= 11 is 0. The number of amides is 2. The van der Waals surface area contributed by atoms with Crippen molar-refractivity contribution in [1.82, 2.24) is 4.90 Å². The van der Waals surface area contributed by atoms with E-state index in [2.05, 4.69) is 21.1 Å². The van der Waals surface area contributed by atoms with Crippen LogP contribution in [-0.2, 0) is 9.59 Å². The number of rotatable bonds is 4. The van der Waals surface area contributed by atoms with Gasteiger partial charge in [0.2, 0.25) is 0 Å². The van der Waals surface area contributed by atoms with Crippen LogP contribution in [0.4, 0.5) is 0 Å². The first-order valence-corrected chi connectivity index (χ1v) is 4.74. The number of nitrogens with zero attached hydrogens (tertiary/aromatic N) is 2. The maximum atomic E-state index is 11.2. The summed E-state index contributed by atoms with van der Waals surface area (Å²) in [5.74, 6) is -0.368. The van der Waals surface area contributed by atoms with Gasteiger partial charge >= 0.3 is 0 Å². The van der Waals surface area contributed by atoms with Crippen molar-refractivity contribution in [2.75, 3.05) is 34.2 Å². The van der Waals surface area contributed by atoms with Crippen LogP contribution in [-0.4, -0.2) is 55.4 Å². The van der Waals surface area contributed by atoms with E-state index in [9.17, 15) is 9.59 Å². The third-order valence-electron chi connectivity index (χ3n) is 2.11. The lowest BCUT2D eigenvalue weighted by Gasteiger charge is -2.24. The molecule has 1 aliphatic rings. The molecule has 1 rings (SSSR count).